The fourth-order valence-electron chi connectivity index (χ4n) is 2.90. The summed E-state index contributed by atoms with van der Waals surface area (Å²) in [5, 5.41) is 3.75. The van der Waals surface area contributed by atoms with Crippen molar-refractivity contribution in [1.29, 1.82) is 0 Å². The molecule has 0 spiro atoms. The normalized spacial score (nSPS) is 13.3. The molecule has 0 aromatic rings. The van der Waals surface area contributed by atoms with Crippen molar-refractivity contribution in [3.8, 4) is 0 Å². The van der Waals surface area contributed by atoms with E-state index in [1.807, 2.05) is 0 Å². The number of hydrogen-bond acceptors (Lipinski definition) is 1. The van der Waals surface area contributed by atoms with E-state index in [1.165, 1.54) is 57.9 Å². The summed E-state index contributed by atoms with van der Waals surface area (Å²) in [5.41, 5.74) is 0.309. The van der Waals surface area contributed by atoms with Gasteiger partial charge in [0.1, 0.15) is 0 Å². The molecular formula is C18H40BrN. The lowest BCUT2D eigenvalue weighted by molar-refractivity contribution is 0.290. The Hall–Kier alpha value is 0.440. The minimum Gasteiger partial charge on any atom is -0.312 e. The molecule has 0 saturated heterocycles. The van der Waals surface area contributed by atoms with Gasteiger partial charge in [0.25, 0.3) is 0 Å². The van der Waals surface area contributed by atoms with Crippen LogP contribution in [-0.4, -0.2) is 12.1 Å². The monoisotopic (exact) mass is 349 g/mol. The summed E-state index contributed by atoms with van der Waals surface area (Å²) in [6.07, 6.45) is 10.9. The van der Waals surface area contributed by atoms with Crippen molar-refractivity contribution >= 4 is 17.0 Å². The summed E-state index contributed by atoms with van der Waals surface area (Å²) in [6, 6.07) is 0. The fourth-order valence-corrected chi connectivity index (χ4v) is 2.90. The summed E-state index contributed by atoms with van der Waals surface area (Å²) >= 11 is 0. The van der Waals surface area contributed by atoms with Gasteiger partial charge in [0, 0.05) is 5.54 Å². The molecule has 0 heterocycles. The van der Waals surface area contributed by atoms with Gasteiger partial charge in [-0.1, -0.05) is 66.2 Å². The SMILES string of the molecule is Br.CCCCCCNC(C)(C)CC(C)CCCC(C)C. The van der Waals surface area contributed by atoms with E-state index in [1.54, 1.807) is 0 Å². The molecule has 0 saturated carbocycles. The number of hydrogen-bond donors (Lipinski definition) is 1. The van der Waals surface area contributed by atoms with Crippen LogP contribution in [0.15, 0.2) is 0 Å². The van der Waals surface area contributed by atoms with Gasteiger partial charge in [0.15, 0.2) is 0 Å². The Bertz CT molecular complexity index is 202. The lowest BCUT2D eigenvalue weighted by Gasteiger charge is -2.30. The Balaban J connectivity index is 0. The second-order valence-electron chi connectivity index (χ2n) is 7.51. The van der Waals surface area contributed by atoms with Crippen molar-refractivity contribution in [3.63, 3.8) is 0 Å². The van der Waals surface area contributed by atoms with Crippen molar-refractivity contribution in [2.75, 3.05) is 6.54 Å². The van der Waals surface area contributed by atoms with Gasteiger partial charge in [-0.15, -0.1) is 17.0 Å². The van der Waals surface area contributed by atoms with Gasteiger partial charge >= 0.3 is 0 Å². The molecule has 0 amide bonds. The van der Waals surface area contributed by atoms with Crippen LogP contribution < -0.4 is 5.32 Å². The maximum Gasteiger partial charge on any atom is 0.0127 e. The Morgan fingerprint density at radius 3 is 2.10 bits per heavy atom. The second kappa shape index (κ2) is 13.1. The minimum atomic E-state index is 0. The first kappa shape index (κ1) is 22.7. The molecule has 1 atom stereocenters. The van der Waals surface area contributed by atoms with Gasteiger partial charge in [0.05, 0.1) is 0 Å². The first-order valence-electron chi connectivity index (χ1n) is 8.62. The van der Waals surface area contributed by atoms with Crippen LogP contribution in [0.5, 0.6) is 0 Å². The van der Waals surface area contributed by atoms with Gasteiger partial charge in [-0.3, -0.25) is 0 Å². The van der Waals surface area contributed by atoms with Crippen LogP contribution in [0.4, 0.5) is 0 Å². The molecule has 0 radical (unpaired) electrons. The van der Waals surface area contributed by atoms with E-state index in [0.29, 0.717) is 5.54 Å². The van der Waals surface area contributed by atoms with Crippen LogP contribution in [0.2, 0.25) is 0 Å². The maximum absolute atomic E-state index is 3.75. The van der Waals surface area contributed by atoms with E-state index in [9.17, 15) is 0 Å². The zero-order valence-electron chi connectivity index (χ0n) is 14.9. The number of halogens is 1. The largest absolute Gasteiger partial charge is 0.312 e. The quantitative estimate of drug-likeness (QED) is 0.404. The van der Waals surface area contributed by atoms with Crippen LogP contribution in [0.1, 0.15) is 92.9 Å². The van der Waals surface area contributed by atoms with Crippen molar-refractivity contribution < 1.29 is 0 Å². The summed E-state index contributed by atoms with van der Waals surface area (Å²) < 4.78 is 0. The highest BCUT2D eigenvalue weighted by molar-refractivity contribution is 8.93. The van der Waals surface area contributed by atoms with Crippen LogP contribution >= 0.6 is 17.0 Å². The highest BCUT2D eigenvalue weighted by atomic mass is 79.9. The van der Waals surface area contributed by atoms with Crippen molar-refractivity contribution in [1.82, 2.24) is 5.32 Å². The summed E-state index contributed by atoms with van der Waals surface area (Å²) in [5.74, 6) is 1.70. The van der Waals surface area contributed by atoms with Gasteiger partial charge in [-0.05, 0) is 45.1 Å². The molecule has 0 bridgehead atoms. The third-order valence-corrected chi connectivity index (χ3v) is 3.97. The topological polar surface area (TPSA) is 12.0 Å². The summed E-state index contributed by atoms with van der Waals surface area (Å²) in [7, 11) is 0. The highest BCUT2D eigenvalue weighted by Gasteiger charge is 2.19. The fraction of sp³-hybridized carbons (Fsp3) is 1.00. The van der Waals surface area contributed by atoms with E-state index in [-0.39, 0.29) is 17.0 Å². The predicted octanol–water partition coefficient (Wildman–Crippen LogP) is 6.37. The summed E-state index contributed by atoms with van der Waals surface area (Å²) in [6.45, 7) is 15.3. The van der Waals surface area contributed by atoms with E-state index in [4.69, 9.17) is 0 Å². The van der Waals surface area contributed by atoms with E-state index in [2.05, 4.69) is 46.9 Å². The first-order valence-corrected chi connectivity index (χ1v) is 8.62. The predicted molar refractivity (Wildman–Crippen MR) is 99.0 cm³/mol. The molecule has 124 valence electrons. The van der Waals surface area contributed by atoms with Gasteiger partial charge in [-0.2, -0.15) is 0 Å². The first-order chi connectivity index (χ1) is 8.87. The molecule has 1 unspecified atom stereocenters. The molecule has 0 aliphatic rings. The standard InChI is InChI=1S/C18H39N.BrH/c1-7-8-9-10-14-19-18(5,6)15-17(4)13-11-12-16(2)3;/h16-17,19H,7-15H2,1-6H3;1H. The van der Waals surface area contributed by atoms with Crippen LogP contribution in [-0.2, 0) is 0 Å². The minimum absolute atomic E-state index is 0. The van der Waals surface area contributed by atoms with E-state index in [0.717, 1.165) is 11.8 Å². The molecule has 2 heteroatoms. The number of rotatable bonds is 12. The van der Waals surface area contributed by atoms with Crippen LogP contribution in [0.3, 0.4) is 0 Å². The Kier molecular flexibility index (Phi) is 14.9. The Labute approximate surface area is 139 Å². The Morgan fingerprint density at radius 2 is 1.55 bits per heavy atom. The lowest BCUT2D eigenvalue weighted by Crippen LogP contribution is -2.41. The molecule has 0 aromatic carbocycles. The third kappa shape index (κ3) is 14.8. The summed E-state index contributed by atoms with van der Waals surface area (Å²) in [4.78, 5) is 0. The zero-order valence-corrected chi connectivity index (χ0v) is 16.6. The average Bonchev–Trinajstić information content (AvgIpc) is 2.27. The molecule has 0 aliphatic carbocycles. The zero-order chi connectivity index (χ0) is 14.7. The van der Waals surface area contributed by atoms with Crippen LogP contribution in [0.25, 0.3) is 0 Å². The molecule has 1 N–H and O–H groups in total. The van der Waals surface area contributed by atoms with E-state index < -0.39 is 0 Å². The molecule has 20 heavy (non-hydrogen) atoms. The molecule has 0 fully saturated rings. The van der Waals surface area contributed by atoms with Gasteiger partial charge in [-0.25, -0.2) is 0 Å². The highest BCUT2D eigenvalue weighted by Crippen LogP contribution is 2.22. The van der Waals surface area contributed by atoms with Crippen LogP contribution in [0, 0.1) is 11.8 Å². The van der Waals surface area contributed by atoms with Crippen molar-refractivity contribution in [2.45, 2.75) is 98.4 Å². The number of unbranched alkanes of at least 4 members (excludes halogenated alkanes) is 3. The van der Waals surface area contributed by atoms with Crippen molar-refractivity contribution in [2.24, 2.45) is 11.8 Å². The smallest absolute Gasteiger partial charge is 0.0127 e. The Morgan fingerprint density at radius 1 is 0.900 bits per heavy atom. The molecule has 0 rings (SSSR count). The van der Waals surface area contributed by atoms with E-state index >= 15 is 0 Å². The van der Waals surface area contributed by atoms with Gasteiger partial charge < -0.3 is 5.32 Å². The molecular weight excluding hydrogens is 310 g/mol. The molecule has 1 nitrogen and oxygen atoms in total. The molecule has 0 aromatic heterocycles. The van der Waals surface area contributed by atoms with Crippen molar-refractivity contribution in [3.05, 3.63) is 0 Å². The lowest BCUT2D eigenvalue weighted by atomic mass is 9.87. The third-order valence-electron chi connectivity index (χ3n) is 3.97. The van der Waals surface area contributed by atoms with Gasteiger partial charge in [0.2, 0.25) is 0 Å². The average molecular weight is 350 g/mol. The second-order valence-corrected chi connectivity index (χ2v) is 7.51. The number of nitrogens with one attached hydrogen (secondary N) is 1. The maximum atomic E-state index is 3.75. The molecule has 0 aliphatic heterocycles.